The molecule has 0 atom stereocenters. The summed E-state index contributed by atoms with van der Waals surface area (Å²) in [6.07, 6.45) is 3.74. The van der Waals surface area contributed by atoms with Gasteiger partial charge in [-0.25, -0.2) is 4.68 Å². The molecule has 0 spiro atoms. The van der Waals surface area contributed by atoms with E-state index in [1.807, 2.05) is 16.9 Å². The van der Waals surface area contributed by atoms with Gasteiger partial charge in [0.15, 0.2) is 0 Å². The Kier molecular flexibility index (Phi) is 4.24. The molecule has 112 valence electrons. The van der Waals surface area contributed by atoms with E-state index in [1.54, 1.807) is 6.20 Å². The van der Waals surface area contributed by atoms with E-state index in [1.165, 1.54) is 11.1 Å². The van der Waals surface area contributed by atoms with Crippen LogP contribution in [0.2, 0.25) is 0 Å². The molecule has 3 heteroatoms. The van der Waals surface area contributed by atoms with E-state index in [-0.39, 0.29) is 0 Å². The van der Waals surface area contributed by atoms with Crippen LogP contribution in [0.15, 0.2) is 67.0 Å². The van der Waals surface area contributed by atoms with Crippen LogP contribution in [0.25, 0.3) is 5.69 Å². The average Bonchev–Trinajstić information content (AvgIpc) is 3.08. The molecule has 22 heavy (non-hydrogen) atoms. The van der Waals surface area contributed by atoms with E-state index in [0.717, 1.165) is 17.9 Å². The van der Waals surface area contributed by atoms with Gasteiger partial charge in [-0.15, -0.1) is 0 Å². The summed E-state index contributed by atoms with van der Waals surface area (Å²) in [5.41, 5.74) is 4.86. The van der Waals surface area contributed by atoms with Crippen LogP contribution in [-0.2, 0) is 6.54 Å². The maximum Gasteiger partial charge on any atom is 0.0645 e. The molecule has 3 rings (SSSR count). The molecule has 0 aliphatic carbocycles. The molecule has 1 aromatic heterocycles. The molecule has 0 bridgehead atoms. The maximum atomic E-state index is 4.23. The summed E-state index contributed by atoms with van der Waals surface area (Å²) in [7, 11) is 0. The van der Waals surface area contributed by atoms with Gasteiger partial charge < -0.3 is 5.32 Å². The molecule has 0 saturated heterocycles. The lowest BCUT2D eigenvalue weighted by molar-refractivity contribution is 0.866. The van der Waals surface area contributed by atoms with Crippen LogP contribution in [0, 0.1) is 0 Å². The lowest BCUT2D eigenvalue weighted by Crippen LogP contribution is -2.00. The summed E-state index contributed by atoms with van der Waals surface area (Å²) in [6.45, 7) is 5.24. The molecule has 0 saturated carbocycles. The van der Waals surface area contributed by atoms with Crippen molar-refractivity contribution in [3.63, 3.8) is 0 Å². The number of hydrogen-bond acceptors (Lipinski definition) is 2. The van der Waals surface area contributed by atoms with Crippen molar-refractivity contribution in [1.82, 2.24) is 9.78 Å². The van der Waals surface area contributed by atoms with E-state index < -0.39 is 0 Å². The van der Waals surface area contributed by atoms with Gasteiger partial charge in [0.2, 0.25) is 0 Å². The second kappa shape index (κ2) is 6.48. The highest BCUT2D eigenvalue weighted by Crippen LogP contribution is 2.18. The standard InChI is InChI=1S/C19H21N3/c1-15(2)17-6-8-18(9-7-17)20-14-16-4-10-19(11-5-16)22-13-3-12-21-22/h3-13,15,20H,14H2,1-2H3. The Morgan fingerprint density at radius 1 is 1.00 bits per heavy atom. The molecule has 0 unspecified atom stereocenters. The maximum absolute atomic E-state index is 4.23. The van der Waals surface area contributed by atoms with Gasteiger partial charge in [0, 0.05) is 24.6 Å². The van der Waals surface area contributed by atoms with E-state index in [9.17, 15) is 0 Å². The number of nitrogens with one attached hydrogen (secondary N) is 1. The summed E-state index contributed by atoms with van der Waals surface area (Å²) >= 11 is 0. The highest BCUT2D eigenvalue weighted by molar-refractivity contribution is 5.46. The minimum Gasteiger partial charge on any atom is -0.381 e. The van der Waals surface area contributed by atoms with Crippen LogP contribution < -0.4 is 5.32 Å². The van der Waals surface area contributed by atoms with Crippen LogP contribution in [0.3, 0.4) is 0 Å². The van der Waals surface area contributed by atoms with Crippen LogP contribution in [0.5, 0.6) is 0 Å². The topological polar surface area (TPSA) is 29.9 Å². The number of hydrogen-bond donors (Lipinski definition) is 1. The fourth-order valence-corrected chi connectivity index (χ4v) is 2.38. The van der Waals surface area contributed by atoms with E-state index in [4.69, 9.17) is 0 Å². The third-order valence-electron chi connectivity index (χ3n) is 3.78. The van der Waals surface area contributed by atoms with E-state index in [0.29, 0.717) is 5.92 Å². The summed E-state index contributed by atoms with van der Waals surface area (Å²) in [6, 6.07) is 19.0. The van der Waals surface area contributed by atoms with E-state index >= 15 is 0 Å². The predicted molar refractivity (Wildman–Crippen MR) is 91.4 cm³/mol. The molecular formula is C19H21N3. The van der Waals surface area contributed by atoms with Crippen molar-refractivity contribution in [3.05, 3.63) is 78.1 Å². The lowest BCUT2D eigenvalue weighted by atomic mass is 10.0. The predicted octanol–water partition coefficient (Wildman–Crippen LogP) is 4.61. The van der Waals surface area contributed by atoms with Crippen molar-refractivity contribution in [2.24, 2.45) is 0 Å². The second-order valence-corrected chi connectivity index (χ2v) is 5.75. The van der Waals surface area contributed by atoms with Gasteiger partial charge in [-0.2, -0.15) is 5.10 Å². The Hall–Kier alpha value is -2.55. The van der Waals surface area contributed by atoms with Crippen LogP contribution in [0.1, 0.15) is 30.9 Å². The molecule has 0 radical (unpaired) electrons. The monoisotopic (exact) mass is 291 g/mol. The first-order valence-electron chi connectivity index (χ1n) is 7.65. The second-order valence-electron chi connectivity index (χ2n) is 5.75. The van der Waals surface area contributed by atoms with Gasteiger partial charge in [0.1, 0.15) is 0 Å². The van der Waals surface area contributed by atoms with Gasteiger partial charge in [-0.3, -0.25) is 0 Å². The number of aromatic nitrogens is 2. The van der Waals surface area contributed by atoms with Gasteiger partial charge in [0.25, 0.3) is 0 Å². The zero-order valence-corrected chi connectivity index (χ0v) is 13.0. The number of anilines is 1. The molecular weight excluding hydrogens is 270 g/mol. The van der Waals surface area contributed by atoms with Crippen LogP contribution >= 0.6 is 0 Å². The summed E-state index contributed by atoms with van der Waals surface area (Å²) in [4.78, 5) is 0. The minimum absolute atomic E-state index is 0.573. The molecule has 0 aliphatic rings. The number of nitrogens with zero attached hydrogens (tertiary/aromatic N) is 2. The Balaban J connectivity index is 1.61. The van der Waals surface area contributed by atoms with Crippen molar-refractivity contribution < 1.29 is 0 Å². The molecule has 2 aromatic carbocycles. The molecule has 1 heterocycles. The minimum atomic E-state index is 0.573. The first-order valence-corrected chi connectivity index (χ1v) is 7.65. The summed E-state index contributed by atoms with van der Waals surface area (Å²) in [5, 5.41) is 7.69. The Labute approximate surface area is 131 Å². The fraction of sp³-hybridized carbons (Fsp3) is 0.211. The zero-order chi connectivity index (χ0) is 15.4. The van der Waals surface area contributed by atoms with Gasteiger partial charge >= 0.3 is 0 Å². The van der Waals surface area contributed by atoms with Gasteiger partial charge in [0.05, 0.1) is 5.69 Å². The third kappa shape index (κ3) is 3.37. The highest BCUT2D eigenvalue weighted by atomic mass is 15.3. The van der Waals surface area contributed by atoms with Crippen molar-refractivity contribution in [2.45, 2.75) is 26.3 Å². The number of rotatable bonds is 5. The SMILES string of the molecule is CC(C)c1ccc(NCc2ccc(-n3cccn3)cc2)cc1. The van der Waals surface area contributed by atoms with Crippen LogP contribution in [-0.4, -0.2) is 9.78 Å². The van der Waals surface area contributed by atoms with E-state index in [2.05, 4.69) is 72.8 Å². The molecule has 0 aliphatic heterocycles. The largest absolute Gasteiger partial charge is 0.381 e. The van der Waals surface area contributed by atoms with Crippen molar-refractivity contribution in [1.29, 1.82) is 0 Å². The zero-order valence-electron chi connectivity index (χ0n) is 13.0. The summed E-state index contributed by atoms with van der Waals surface area (Å²) in [5.74, 6) is 0.573. The van der Waals surface area contributed by atoms with Crippen molar-refractivity contribution in [3.8, 4) is 5.69 Å². The molecule has 3 aromatic rings. The average molecular weight is 291 g/mol. The van der Waals surface area contributed by atoms with Crippen LogP contribution in [0.4, 0.5) is 5.69 Å². The third-order valence-corrected chi connectivity index (χ3v) is 3.78. The molecule has 0 amide bonds. The quantitative estimate of drug-likeness (QED) is 0.744. The highest BCUT2D eigenvalue weighted by Gasteiger charge is 2.00. The van der Waals surface area contributed by atoms with Gasteiger partial charge in [-0.1, -0.05) is 38.1 Å². The smallest absolute Gasteiger partial charge is 0.0645 e. The van der Waals surface area contributed by atoms with Crippen molar-refractivity contribution >= 4 is 5.69 Å². The Bertz CT molecular complexity index is 695. The molecule has 0 fully saturated rings. The Morgan fingerprint density at radius 2 is 1.73 bits per heavy atom. The van der Waals surface area contributed by atoms with Gasteiger partial charge in [-0.05, 0) is 47.4 Å². The molecule has 1 N–H and O–H groups in total. The first kappa shape index (κ1) is 14.4. The van der Waals surface area contributed by atoms with Crippen molar-refractivity contribution in [2.75, 3.05) is 5.32 Å². The normalized spacial score (nSPS) is 10.9. The first-order chi connectivity index (χ1) is 10.7. The fourth-order valence-electron chi connectivity index (χ4n) is 2.38. The number of benzene rings is 2. The molecule has 3 nitrogen and oxygen atoms in total. The summed E-state index contributed by atoms with van der Waals surface area (Å²) < 4.78 is 1.86. The lowest BCUT2D eigenvalue weighted by Gasteiger charge is -2.10. The Morgan fingerprint density at radius 3 is 2.32 bits per heavy atom.